The van der Waals surface area contributed by atoms with E-state index in [-0.39, 0.29) is 22.9 Å². The fourth-order valence-electron chi connectivity index (χ4n) is 4.18. The lowest BCUT2D eigenvalue weighted by atomic mass is 9.85. The largest absolute Gasteiger partial charge is 0.496 e. The highest BCUT2D eigenvalue weighted by atomic mass is 19.1. The van der Waals surface area contributed by atoms with Crippen LogP contribution in [-0.2, 0) is 14.3 Å². The van der Waals surface area contributed by atoms with E-state index in [1.807, 2.05) is 0 Å². The van der Waals surface area contributed by atoms with Gasteiger partial charge in [-0.3, -0.25) is 9.59 Å². The number of carbonyl (C=O) groups is 3. The van der Waals surface area contributed by atoms with Gasteiger partial charge in [-0.25, -0.2) is 18.6 Å². The molecule has 3 atom stereocenters. The maximum atomic E-state index is 14.0. The van der Waals surface area contributed by atoms with Gasteiger partial charge in [0.1, 0.15) is 29.5 Å². The first-order chi connectivity index (χ1) is 19.0. The Kier molecular flexibility index (Phi) is 9.76. The van der Waals surface area contributed by atoms with E-state index in [2.05, 4.69) is 10.3 Å². The van der Waals surface area contributed by atoms with Crippen molar-refractivity contribution in [3.8, 4) is 17.2 Å². The molecule has 1 aromatic heterocycles. The fourth-order valence-corrected chi connectivity index (χ4v) is 4.18. The summed E-state index contributed by atoms with van der Waals surface area (Å²) < 4.78 is 49.4. The highest BCUT2D eigenvalue weighted by Gasteiger charge is 2.31. The van der Waals surface area contributed by atoms with Crippen molar-refractivity contribution in [3.05, 3.63) is 82.7 Å². The fraction of sp³-hybridized carbons (Fsp3) is 0.310. The maximum absolute atomic E-state index is 14.0. The van der Waals surface area contributed by atoms with Crippen LogP contribution >= 0.6 is 0 Å². The Morgan fingerprint density at radius 1 is 0.950 bits per heavy atom. The molecule has 9 nitrogen and oxygen atoms in total. The van der Waals surface area contributed by atoms with Crippen LogP contribution in [0.1, 0.15) is 53.9 Å². The topological polar surface area (TPSA) is 113 Å². The summed E-state index contributed by atoms with van der Waals surface area (Å²) in [6, 6.07) is 8.69. The van der Waals surface area contributed by atoms with Gasteiger partial charge in [0.25, 0.3) is 5.91 Å². The summed E-state index contributed by atoms with van der Waals surface area (Å²) in [5.74, 6) is -3.76. The second kappa shape index (κ2) is 13.0. The summed E-state index contributed by atoms with van der Waals surface area (Å²) in [5.41, 5.74) is 1.22. The van der Waals surface area contributed by atoms with E-state index in [0.717, 1.165) is 6.92 Å². The number of aryl methyl sites for hydroxylation is 1. The molecule has 0 aliphatic heterocycles. The molecule has 1 amide bonds. The summed E-state index contributed by atoms with van der Waals surface area (Å²) in [6.07, 6.45) is 0.430. The van der Waals surface area contributed by atoms with E-state index in [4.69, 9.17) is 18.9 Å². The van der Waals surface area contributed by atoms with Crippen LogP contribution in [0.15, 0.2) is 48.7 Å². The molecule has 0 spiro atoms. The lowest BCUT2D eigenvalue weighted by Crippen LogP contribution is -2.41. The van der Waals surface area contributed by atoms with Crippen LogP contribution in [0.25, 0.3) is 0 Å². The number of ether oxygens (including phenoxy) is 4. The number of halogens is 2. The minimum Gasteiger partial charge on any atom is -0.496 e. The van der Waals surface area contributed by atoms with Crippen molar-refractivity contribution >= 4 is 17.8 Å². The maximum Gasteiger partial charge on any atom is 0.328 e. The van der Waals surface area contributed by atoms with Crippen LogP contribution in [0.4, 0.5) is 8.78 Å². The van der Waals surface area contributed by atoms with Gasteiger partial charge in [-0.1, -0.05) is 18.2 Å². The molecule has 0 aliphatic rings. The van der Waals surface area contributed by atoms with Gasteiger partial charge in [0.05, 0.1) is 14.2 Å². The number of aromatic nitrogens is 1. The van der Waals surface area contributed by atoms with Crippen molar-refractivity contribution in [3.63, 3.8) is 0 Å². The highest BCUT2D eigenvalue weighted by molar-refractivity contribution is 5.98. The van der Waals surface area contributed by atoms with E-state index in [9.17, 15) is 23.2 Å². The van der Waals surface area contributed by atoms with Gasteiger partial charge in [-0.2, -0.15) is 0 Å². The Morgan fingerprint density at radius 3 is 2.27 bits per heavy atom. The van der Waals surface area contributed by atoms with Gasteiger partial charge < -0.3 is 24.3 Å². The van der Waals surface area contributed by atoms with Crippen LogP contribution in [0, 0.1) is 18.6 Å². The van der Waals surface area contributed by atoms with Gasteiger partial charge in [0.2, 0.25) is 5.75 Å². The van der Waals surface area contributed by atoms with E-state index < -0.39 is 47.5 Å². The normalized spacial score (nSPS) is 13.0. The predicted octanol–water partition coefficient (Wildman–Crippen LogP) is 4.49. The number of hydrogen-bond acceptors (Lipinski definition) is 8. The van der Waals surface area contributed by atoms with E-state index >= 15 is 0 Å². The third kappa shape index (κ3) is 6.90. The second-order valence-corrected chi connectivity index (χ2v) is 8.99. The van der Waals surface area contributed by atoms with Crippen LogP contribution in [0.3, 0.4) is 0 Å². The number of amides is 1. The Balaban J connectivity index is 1.87. The second-order valence-electron chi connectivity index (χ2n) is 8.99. The number of methoxy groups -OCH3 is 2. The lowest BCUT2D eigenvalue weighted by Gasteiger charge is -2.28. The molecule has 11 heteroatoms. The zero-order valence-corrected chi connectivity index (χ0v) is 22.9. The van der Waals surface area contributed by atoms with Crippen molar-refractivity contribution in [1.82, 2.24) is 10.3 Å². The number of nitrogens with one attached hydrogen (secondary N) is 1. The molecule has 0 saturated carbocycles. The SMILES string of the molecule is COc1cc(F)ccc1[C@@H](c1ccc(F)c(C)c1)[C@H](C)OC(=O)[C@H](C)NC(=O)c1nccc(OC)c1OC(C)=O. The Labute approximate surface area is 230 Å². The summed E-state index contributed by atoms with van der Waals surface area (Å²) in [5, 5.41) is 2.48. The van der Waals surface area contributed by atoms with Crippen molar-refractivity contribution in [2.24, 2.45) is 0 Å². The van der Waals surface area contributed by atoms with E-state index in [1.54, 1.807) is 26.0 Å². The quantitative estimate of drug-likeness (QED) is 0.364. The first-order valence-corrected chi connectivity index (χ1v) is 12.3. The molecule has 0 saturated heterocycles. The number of nitrogens with zero attached hydrogens (tertiary/aromatic N) is 1. The predicted molar refractivity (Wildman–Crippen MR) is 141 cm³/mol. The highest BCUT2D eigenvalue weighted by Crippen LogP contribution is 2.37. The zero-order chi connectivity index (χ0) is 29.6. The number of rotatable bonds is 10. The summed E-state index contributed by atoms with van der Waals surface area (Å²) in [4.78, 5) is 41.6. The van der Waals surface area contributed by atoms with Gasteiger partial charge in [0.15, 0.2) is 11.4 Å². The van der Waals surface area contributed by atoms with Crippen LogP contribution < -0.4 is 19.5 Å². The zero-order valence-electron chi connectivity index (χ0n) is 22.9. The Bertz CT molecular complexity index is 1410. The first-order valence-electron chi connectivity index (χ1n) is 12.3. The number of pyridine rings is 1. The molecule has 2 aromatic carbocycles. The number of carbonyl (C=O) groups excluding carboxylic acids is 3. The minimum absolute atomic E-state index is 0.102. The molecule has 0 radical (unpaired) electrons. The Morgan fingerprint density at radius 2 is 1.65 bits per heavy atom. The number of hydrogen-bond donors (Lipinski definition) is 1. The van der Waals surface area contributed by atoms with Crippen molar-refractivity contribution < 1.29 is 42.1 Å². The van der Waals surface area contributed by atoms with Crippen LogP contribution in [0.5, 0.6) is 17.2 Å². The van der Waals surface area contributed by atoms with Gasteiger partial charge in [0, 0.05) is 36.7 Å². The molecule has 0 aliphatic carbocycles. The van der Waals surface area contributed by atoms with Gasteiger partial charge in [-0.05, 0) is 44.0 Å². The standard InChI is InChI=1S/C29H30F2N2O7/c1-15-13-19(7-10-22(15)31)25(21-9-8-20(30)14-24(21)38-6)17(3)39-29(36)16(2)33-28(35)26-27(40-18(4)34)23(37-5)11-12-32-26/h7-14,16-17,25H,1-6H3,(H,33,35)/t16-,17-,25+/m0/s1. The van der Waals surface area contributed by atoms with Crippen molar-refractivity contribution in [2.45, 2.75) is 45.8 Å². The lowest BCUT2D eigenvalue weighted by molar-refractivity contribution is -0.150. The first kappa shape index (κ1) is 30.0. The molecule has 3 aromatic rings. The van der Waals surface area contributed by atoms with Gasteiger partial charge in [-0.15, -0.1) is 0 Å². The monoisotopic (exact) mass is 556 g/mol. The third-order valence-electron chi connectivity index (χ3n) is 6.09. The molecule has 3 rings (SSSR count). The third-order valence-corrected chi connectivity index (χ3v) is 6.09. The minimum atomic E-state index is -1.15. The average molecular weight is 557 g/mol. The molecule has 0 bridgehead atoms. The number of benzene rings is 2. The van der Waals surface area contributed by atoms with Gasteiger partial charge >= 0.3 is 11.9 Å². The smallest absolute Gasteiger partial charge is 0.328 e. The van der Waals surface area contributed by atoms with Crippen LogP contribution in [-0.4, -0.2) is 49.2 Å². The summed E-state index contributed by atoms with van der Waals surface area (Å²) >= 11 is 0. The summed E-state index contributed by atoms with van der Waals surface area (Å²) in [7, 11) is 2.72. The van der Waals surface area contributed by atoms with Crippen molar-refractivity contribution in [2.75, 3.05) is 14.2 Å². The molecule has 0 unspecified atom stereocenters. The van der Waals surface area contributed by atoms with Crippen molar-refractivity contribution in [1.29, 1.82) is 0 Å². The molecule has 40 heavy (non-hydrogen) atoms. The molecule has 1 heterocycles. The Hall–Kier alpha value is -4.54. The average Bonchev–Trinajstić information content (AvgIpc) is 2.91. The molecular weight excluding hydrogens is 526 g/mol. The van der Waals surface area contributed by atoms with E-state index in [1.165, 1.54) is 57.7 Å². The molecule has 212 valence electrons. The molecular formula is C29H30F2N2O7. The van der Waals surface area contributed by atoms with Crippen LogP contribution in [0.2, 0.25) is 0 Å². The number of esters is 2. The summed E-state index contributed by atoms with van der Waals surface area (Å²) in [6.45, 7) is 5.79. The molecule has 1 N–H and O–H groups in total. The van der Waals surface area contributed by atoms with E-state index in [0.29, 0.717) is 16.7 Å². The molecule has 0 fully saturated rings.